The first-order valence-corrected chi connectivity index (χ1v) is 11.1. The van der Waals surface area contributed by atoms with Gasteiger partial charge in [-0.15, -0.1) is 11.3 Å². The summed E-state index contributed by atoms with van der Waals surface area (Å²) in [5.41, 5.74) is 1.38. The molecule has 0 spiro atoms. The van der Waals surface area contributed by atoms with Crippen molar-refractivity contribution in [2.24, 2.45) is 0 Å². The number of nitrogens with zero attached hydrogens (tertiary/aromatic N) is 1. The second-order valence-corrected chi connectivity index (χ2v) is 8.54. The smallest absolute Gasteiger partial charge is 0.340 e. The van der Waals surface area contributed by atoms with Gasteiger partial charge in [-0.1, -0.05) is 12.1 Å². The number of hydrogen-bond donors (Lipinski definition) is 2. The molecule has 3 heterocycles. The van der Waals surface area contributed by atoms with Crippen molar-refractivity contribution in [1.82, 2.24) is 9.97 Å². The van der Waals surface area contributed by atoms with Gasteiger partial charge < -0.3 is 19.5 Å². The summed E-state index contributed by atoms with van der Waals surface area (Å²) in [7, 11) is 0. The van der Waals surface area contributed by atoms with E-state index in [1.807, 2.05) is 0 Å². The molecule has 1 aliphatic rings. The highest BCUT2D eigenvalue weighted by Gasteiger charge is 2.21. The maximum Gasteiger partial charge on any atom is 0.340 e. The summed E-state index contributed by atoms with van der Waals surface area (Å²) in [6.45, 7) is -0.187. The van der Waals surface area contributed by atoms with Crippen LogP contribution in [0.15, 0.2) is 51.9 Å². The van der Waals surface area contributed by atoms with Crippen LogP contribution in [0.4, 0.5) is 5.69 Å². The predicted molar refractivity (Wildman–Crippen MR) is 119 cm³/mol. The molecule has 0 aliphatic heterocycles. The van der Waals surface area contributed by atoms with Gasteiger partial charge in [0.25, 0.3) is 11.5 Å². The molecule has 0 bridgehead atoms. The number of anilines is 1. The van der Waals surface area contributed by atoms with Crippen LogP contribution in [0.3, 0.4) is 0 Å². The Morgan fingerprint density at radius 1 is 1.16 bits per heavy atom. The van der Waals surface area contributed by atoms with Gasteiger partial charge in [0.15, 0.2) is 5.76 Å². The fraction of sp³-hybridized carbons (Fsp3) is 0.217. The van der Waals surface area contributed by atoms with Gasteiger partial charge in [0.1, 0.15) is 17.3 Å². The quantitative estimate of drug-likeness (QED) is 0.444. The second kappa shape index (κ2) is 8.43. The molecule has 0 fully saturated rings. The Hall–Kier alpha value is -3.72. The molecule has 1 amide bonds. The van der Waals surface area contributed by atoms with E-state index in [-0.39, 0.29) is 29.3 Å². The molecule has 5 rings (SSSR count). The Morgan fingerprint density at radius 2 is 2.00 bits per heavy atom. The molecule has 0 unspecified atom stereocenters. The number of para-hydroxylation sites is 1. The largest absolute Gasteiger partial charge is 0.459 e. The molecule has 32 heavy (non-hydrogen) atoms. The minimum absolute atomic E-state index is 0.127. The number of fused-ring (bicyclic) bond motifs is 3. The highest BCUT2D eigenvalue weighted by molar-refractivity contribution is 7.18. The first kappa shape index (κ1) is 20.2. The summed E-state index contributed by atoms with van der Waals surface area (Å²) < 4.78 is 10.5. The van der Waals surface area contributed by atoms with Gasteiger partial charge in [-0.2, -0.15) is 0 Å². The number of hydrogen-bond acceptors (Lipinski definition) is 7. The van der Waals surface area contributed by atoms with Gasteiger partial charge in [-0.3, -0.25) is 9.59 Å². The normalized spacial score (nSPS) is 13.0. The standard InChI is InChI=1S/C23H19N3O5S/c27-20(16-9-5-11-30-16)24-15-8-3-1-6-13(15)23(29)31-12-18-25-21(28)19-14-7-2-4-10-17(14)32-22(19)26-18/h1,3,5-6,8-9,11H,2,4,7,10,12H2,(H,24,27)(H,25,26,28). The number of benzene rings is 1. The van der Waals surface area contributed by atoms with Crippen molar-refractivity contribution in [3.8, 4) is 0 Å². The van der Waals surface area contributed by atoms with Gasteiger partial charge in [0.2, 0.25) is 0 Å². The number of rotatable bonds is 5. The number of H-pyrrole nitrogens is 1. The minimum atomic E-state index is -0.645. The molecule has 1 aromatic carbocycles. The maximum absolute atomic E-state index is 12.7. The maximum atomic E-state index is 12.7. The van der Waals surface area contributed by atoms with E-state index >= 15 is 0 Å². The molecule has 8 nitrogen and oxygen atoms in total. The van der Waals surface area contributed by atoms with Crippen molar-refractivity contribution < 1.29 is 18.7 Å². The van der Waals surface area contributed by atoms with E-state index in [2.05, 4.69) is 15.3 Å². The highest BCUT2D eigenvalue weighted by atomic mass is 32.1. The summed E-state index contributed by atoms with van der Waals surface area (Å²) in [5, 5.41) is 3.31. The van der Waals surface area contributed by atoms with Crippen molar-refractivity contribution in [2.45, 2.75) is 32.3 Å². The predicted octanol–water partition coefficient (Wildman–Crippen LogP) is 4.07. The molecule has 1 aliphatic carbocycles. The average Bonchev–Trinajstić information content (AvgIpc) is 3.46. The van der Waals surface area contributed by atoms with Crippen LogP contribution in [-0.2, 0) is 24.2 Å². The van der Waals surface area contributed by atoms with Gasteiger partial charge >= 0.3 is 5.97 Å². The summed E-state index contributed by atoms with van der Waals surface area (Å²) >= 11 is 1.54. The molecule has 0 saturated heterocycles. The lowest BCUT2D eigenvalue weighted by atomic mass is 9.97. The summed E-state index contributed by atoms with van der Waals surface area (Å²) in [5.74, 6) is -0.713. The fourth-order valence-electron chi connectivity index (χ4n) is 3.85. The Bertz CT molecular complexity index is 1370. The van der Waals surface area contributed by atoms with Crippen LogP contribution >= 0.6 is 11.3 Å². The van der Waals surface area contributed by atoms with E-state index in [4.69, 9.17) is 9.15 Å². The van der Waals surface area contributed by atoms with Crippen LogP contribution in [-0.4, -0.2) is 21.8 Å². The summed E-state index contributed by atoms with van der Waals surface area (Å²) in [6, 6.07) is 9.63. The van der Waals surface area contributed by atoms with E-state index in [0.717, 1.165) is 31.2 Å². The van der Waals surface area contributed by atoms with Crippen molar-refractivity contribution in [3.63, 3.8) is 0 Å². The Balaban J connectivity index is 1.34. The number of nitrogens with one attached hydrogen (secondary N) is 2. The number of esters is 1. The van der Waals surface area contributed by atoms with Crippen LogP contribution in [0.25, 0.3) is 10.2 Å². The van der Waals surface area contributed by atoms with Crippen LogP contribution < -0.4 is 10.9 Å². The molecule has 3 aromatic heterocycles. The number of ether oxygens (including phenoxy) is 1. The monoisotopic (exact) mass is 449 g/mol. The number of carbonyl (C=O) groups excluding carboxylic acids is 2. The van der Waals surface area contributed by atoms with Crippen LogP contribution in [0.2, 0.25) is 0 Å². The van der Waals surface area contributed by atoms with Gasteiger partial charge in [0, 0.05) is 4.88 Å². The molecule has 4 aromatic rings. The first-order chi connectivity index (χ1) is 15.6. The summed E-state index contributed by atoms with van der Waals surface area (Å²) in [6.07, 6.45) is 5.46. The Morgan fingerprint density at radius 3 is 2.84 bits per heavy atom. The van der Waals surface area contributed by atoms with Crippen molar-refractivity contribution in [3.05, 3.63) is 80.6 Å². The average molecular weight is 449 g/mol. The van der Waals surface area contributed by atoms with Gasteiger partial charge in [-0.05, 0) is 55.5 Å². The molecular weight excluding hydrogens is 430 g/mol. The van der Waals surface area contributed by atoms with Gasteiger partial charge in [-0.25, -0.2) is 9.78 Å². The van der Waals surface area contributed by atoms with E-state index in [1.165, 1.54) is 28.5 Å². The number of aromatic amines is 1. The van der Waals surface area contributed by atoms with E-state index < -0.39 is 11.9 Å². The SMILES string of the molecule is O=C(Nc1ccccc1C(=O)OCc1nc2sc3c(c2c(=O)[nH]1)CCCC3)c1ccco1. The lowest BCUT2D eigenvalue weighted by molar-refractivity contribution is 0.0463. The Kier molecular flexibility index (Phi) is 5.32. The lowest BCUT2D eigenvalue weighted by Crippen LogP contribution is -2.17. The molecule has 0 atom stereocenters. The number of furan rings is 1. The topological polar surface area (TPSA) is 114 Å². The second-order valence-electron chi connectivity index (χ2n) is 7.46. The zero-order valence-corrected chi connectivity index (χ0v) is 17.8. The van der Waals surface area contributed by atoms with E-state index in [1.54, 1.807) is 30.3 Å². The number of aromatic nitrogens is 2. The third-order valence-electron chi connectivity index (χ3n) is 5.35. The Labute approximate surface area is 186 Å². The molecule has 0 saturated carbocycles. The number of carbonyl (C=O) groups is 2. The van der Waals surface area contributed by atoms with Crippen molar-refractivity contribution in [1.29, 1.82) is 0 Å². The van der Waals surface area contributed by atoms with Crippen LogP contribution in [0.1, 0.15) is 50.0 Å². The minimum Gasteiger partial charge on any atom is -0.459 e. The molecule has 162 valence electrons. The molecular formula is C23H19N3O5S. The lowest BCUT2D eigenvalue weighted by Gasteiger charge is -2.10. The molecule has 9 heteroatoms. The van der Waals surface area contributed by atoms with Crippen LogP contribution in [0, 0.1) is 0 Å². The third kappa shape index (κ3) is 3.82. The fourth-order valence-corrected chi connectivity index (χ4v) is 5.13. The van der Waals surface area contributed by atoms with Crippen molar-refractivity contribution >= 4 is 39.1 Å². The van der Waals surface area contributed by atoms with Crippen LogP contribution in [0.5, 0.6) is 0 Å². The number of thiophene rings is 1. The van der Waals surface area contributed by atoms with E-state index in [0.29, 0.717) is 15.9 Å². The molecule has 2 N–H and O–H groups in total. The van der Waals surface area contributed by atoms with Gasteiger partial charge in [0.05, 0.1) is 22.9 Å². The van der Waals surface area contributed by atoms with E-state index in [9.17, 15) is 14.4 Å². The zero-order valence-electron chi connectivity index (χ0n) is 17.0. The zero-order chi connectivity index (χ0) is 22.1. The van der Waals surface area contributed by atoms with Crippen molar-refractivity contribution in [2.75, 3.05) is 5.32 Å². The number of aryl methyl sites for hydroxylation is 2. The third-order valence-corrected chi connectivity index (χ3v) is 6.54. The first-order valence-electron chi connectivity index (χ1n) is 10.2. The molecule has 0 radical (unpaired) electrons. The summed E-state index contributed by atoms with van der Waals surface area (Å²) in [4.78, 5) is 46.8. The highest BCUT2D eigenvalue weighted by Crippen LogP contribution is 2.33. The number of amides is 1.